The number of ether oxygens (including phenoxy) is 1. The zero-order valence-electron chi connectivity index (χ0n) is 6.94. The lowest BCUT2D eigenvalue weighted by atomic mass is 10.2. The second-order valence-electron chi connectivity index (χ2n) is 2.69. The van der Waals surface area contributed by atoms with Gasteiger partial charge in [-0.25, -0.2) is 0 Å². The van der Waals surface area contributed by atoms with Crippen molar-refractivity contribution in [3.8, 4) is 0 Å². The first kappa shape index (κ1) is 7.80. The molecule has 0 bridgehead atoms. The van der Waals surface area contributed by atoms with E-state index >= 15 is 0 Å². The molecule has 0 aliphatic carbocycles. The molecule has 0 saturated carbocycles. The molecule has 0 amide bonds. The fourth-order valence-corrected chi connectivity index (χ4v) is 1.03. The number of carbonyl (C=O) groups excluding carboxylic acids is 1. The summed E-state index contributed by atoms with van der Waals surface area (Å²) in [6.07, 6.45) is 4.41. The minimum atomic E-state index is 0.437. The first-order valence-corrected chi connectivity index (χ1v) is 4.00. The Kier molecular flexibility index (Phi) is 1.96. The molecule has 13 heavy (non-hydrogen) atoms. The normalized spacial score (nSPS) is 14.5. The molecule has 1 aliphatic rings. The van der Waals surface area contributed by atoms with Gasteiger partial charge in [0.05, 0.1) is 0 Å². The molecule has 0 saturated heterocycles. The second kappa shape index (κ2) is 3.27. The largest absolute Gasteiger partial charge is 0.446 e. The number of hydrogen-bond acceptors (Lipinski definition) is 2. The van der Waals surface area contributed by atoms with Crippen LogP contribution in [-0.2, 0) is 9.53 Å². The SMILES string of the molecule is O=CC1=C(C=Cc2ccccc2)O1. The highest BCUT2D eigenvalue weighted by molar-refractivity contribution is 5.78. The van der Waals surface area contributed by atoms with Crippen molar-refractivity contribution in [2.75, 3.05) is 0 Å². The van der Waals surface area contributed by atoms with E-state index in [4.69, 9.17) is 4.74 Å². The smallest absolute Gasteiger partial charge is 0.209 e. The van der Waals surface area contributed by atoms with Gasteiger partial charge in [-0.3, -0.25) is 4.79 Å². The number of hydrogen-bond donors (Lipinski definition) is 0. The van der Waals surface area contributed by atoms with Crippen molar-refractivity contribution in [3.63, 3.8) is 0 Å². The predicted octanol–water partition coefficient (Wildman–Crippen LogP) is 2.14. The van der Waals surface area contributed by atoms with E-state index in [-0.39, 0.29) is 0 Å². The summed E-state index contributed by atoms with van der Waals surface area (Å²) in [5, 5.41) is 0. The van der Waals surface area contributed by atoms with E-state index in [0.29, 0.717) is 17.8 Å². The molecular formula is C11H8O2. The van der Waals surface area contributed by atoms with Gasteiger partial charge in [-0.15, -0.1) is 0 Å². The van der Waals surface area contributed by atoms with Crippen LogP contribution in [0.1, 0.15) is 5.56 Å². The van der Waals surface area contributed by atoms with Crippen LogP contribution in [0.15, 0.2) is 47.9 Å². The van der Waals surface area contributed by atoms with Gasteiger partial charge < -0.3 is 4.74 Å². The van der Waals surface area contributed by atoms with Gasteiger partial charge in [-0.05, 0) is 11.6 Å². The van der Waals surface area contributed by atoms with Gasteiger partial charge in [-0.1, -0.05) is 36.4 Å². The molecule has 0 radical (unpaired) electrons. The molecule has 1 aliphatic heterocycles. The maximum absolute atomic E-state index is 10.2. The zero-order valence-corrected chi connectivity index (χ0v) is 6.94. The molecule has 2 rings (SSSR count). The minimum absolute atomic E-state index is 0.437. The van der Waals surface area contributed by atoms with E-state index in [9.17, 15) is 4.79 Å². The van der Waals surface area contributed by atoms with E-state index in [1.165, 1.54) is 0 Å². The number of rotatable bonds is 3. The molecule has 1 aromatic carbocycles. The summed E-state index contributed by atoms with van der Waals surface area (Å²) in [6, 6.07) is 9.85. The van der Waals surface area contributed by atoms with E-state index in [2.05, 4.69) is 0 Å². The Bertz CT molecular complexity index is 374. The summed E-state index contributed by atoms with van der Waals surface area (Å²) >= 11 is 0. The van der Waals surface area contributed by atoms with Crippen LogP contribution < -0.4 is 0 Å². The van der Waals surface area contributed by atoms with E-state index in [1.807, 2.05) is 36.4 Å². The lowest BCUT2D eigenvalue weighted by Crippen LogP contribution is -1.67. The molecule has 2 heteroatoms. The van der Waals surface area contributed by atoms with Crippen LogP contribution in [0, 0.1) is 0 Å². The zero-order chi connectivity index (χ0) is 9.10. The molecule has 0 unspecified atom stereocenters. The highest BCUT2D eigenvalue weighted by atomic mass is 16.6. The van der Waals surface area contributed by atoms with Gasteiger partial charge >= 0.3 is 0 Å². The van der Waals surface area contributed by atoms with Crippen molar-refractivity contribution in [1.29, 1.82) is 0 Å². The quantitative estimate of drug-likeness (QED) is 0.654. The third-order valence-electron chi connectivity index (χ3n) is 1.75. The lowest BCUT2D eigenvalue weighted by molar-refractivity contribution is -0.105. The Morgan fingerprint density at radius 1 is 1.00 bits per heavy atom. The number of carbonyl (C=O) groups is 1. The minimum Gasteiger partial charge on any atom is -0.446 e. The van der Waals surface area contributed by atoms with Crippen LogP contribution in [0.25, 0.3) is 6.08 Å². The fraction of sp³-hybridized carbons (Fsp3) is 0. The maximum Gasteiger partial charge on any atom is 0.209 e. The average Bonchev–Trinajstić information content (AvgIpc) is 2.95. The third-order valence-corrected chi connectivity index (χ3v) is 1.75. The van der Waals surface area contributed by atoms with Gasteiger partial charge in [0.15, 0.2) is 12.0 Å². The lowest BCUT2D eigenvalue weighted by Gasteiger charge is -1.87. The van der Waals surface area contributed by atoms with Gasteiger partial charge in [0.25, 0.3) is 0 Å². The van der Waals surface area contributed by atoms with Crippen LogP contribution in [0.2, 0.25) is 0 Å². The van der Waals surface area contributed by atoms with Crippen molar-refractivity contribution >= 4 is 12.4 Å². The van der Waals surface area contributed by atoms with Gasteiger partial charge in [0.2, 0.25) is 5.76 Å². The molecule has 0 N–H and O–H groups in total. The van der Waals surface area contributed by atoms with Crippen molar-refractivity contribution in [2.45, 2.75) is 0 Å². The van der Waals surface area contributed by atoms with Crippen molar-refractivity contribution in [3.05, 3.63) is 53.5 Å². The molecule has 1 heterocycles. The summed E-state index contributed by atoms with van der Waals surface area (Å²) < 4.78 is 4.87. The van der Waals surface area contributed by atoms with Crippen LogP contribution in [0.5, 0.6) is 0 Å². The molecule has 0 spiro atoms. The number of aldehydes is 1. The molecule has 0 fully saturated rings. The van der Waals surface area contributed by atoms with Gasteiger partial charge in [0.1, 0.15) is 0 Å². The highest BCUT2D eigenvalue weighted by Crippen LogP contribution is 2.25. The summed E-state index contributed by atoms with van der Waals surface area (Å²) in [4.78, 5) is 10.2. The second-order valence-corrected chi connectivity index (χ2v) is 2.69. The number of allylic oxidation sites excluding steroid dienone is 2. The fourth-order valence-electron chi connectivity index (χ4n) is 1.03. The van der Waals surface area contributed by atoms with Gasteiger partial charge in [-0.2, -0.15) is 0 Å². The molecule has 1 aromatic rings. The highest BCUT2D eigenvalue weighted by Gasteiger charge is 2.20. The monoisotopic (exact) mass is 172 g/mol. The first-order valence-electron chi connectivity index (χ1n) is 4.00. The van der Waals surface area contributed by atoms with Gasteiger partial charge in [0, 0.05) is 0 Å². The average molecular weight is 172 g/mol. The van der Waals surface area contributed by atoms with Crippen LogP contribution >= 0.6 is 0 Å². The molecular weight excluding hydrogens is 164 g/mol. The Morgan fingerprint density at radius 2 is 1.77 bits per heavy atom. The molecule has 64 valence electrons. The topological polar surface area (TPSA) is 29.6 Å². The van der Waals surface area contributed by atoms with E-state index in [1.54, 1.807) is 6.08 Å². The maximum atomic E-state index is 10.2. The predicted molar refractivity (Wildman–Crippen MR) is 49.7 cm³/mol. The first-order chi connectivity index (χ1) is 6.40. The van der Waals surface area contributed by atoms with Crippen LogP contribution in [-0.4, -0.2) is 6.29 Å². The Hall–Kier alpha value is -1.83. The van der Waals surface area contributed by atoms with Crippen molar-refractivity contribution in [2.24, 2.45) is 0 Å². The Balaban J connectivity index is 2.07. The Labute approximate surface area is 76.1 Å². The van der Waals surface area contributed by atoms with Crippen LogP contribution in [0.4, 0.5) is 0 Å². The van der Waals surface area contributed by atoms with Crippen LogP contribution in [0.3, 0.4) is 0 Å². The summed E-state index contributed by atoms with van der Waals surface area (Å²) in [6.45, 7) is 0. The molecule has 0 atom stereocenters. The Morgan fingerprint density at radius 3 is 2.38 bits per heavy atom. The number of benzene rings is 1. The molecule has 0 aromatic heterocycles. The van der Waals surface area contributed by atoms with E-state index in [0.717, 1.165) is 5.56 Å². The third kappa shape index (κ3) is 1.85. The van der Waals surface area contributed by atoms with Crippen molar-refractivity contribution < 1.29 is 9.53 Å². The molecule has 2 nitrogen and oxygen atoms in total. The summed E-state index contributed by atoms with van der Waals surface area (Å²) in [7, 11) is 0. The van der Waals surface area contributed by atoms with E-state index < -0.39 is 0 Å². The standard InChI is InChI=1S/C11H8O2/c12-8-11-10(13-11)7-6-9-4-2-1-3-5-9/h1-8H. The summed E-state index contributed by atoms with van der Waals surface area (Å²) in [5.41, 5.74) is 1.09. The summed E-state index contributed by atoms with van der Waals surface area (Å²) in [5.74, 6) is 1.10. The van der Waals surface area contributed by atoms with Crippen molar-refractivity contribution in [1.82, 2.24) is 0 Å².